The van der Waals surface area contributed by atoms with Gasteiger partial charge in [0, 0.05) is 19.3 Å². The van der Waals surface area contributed by atoms with E-state index >= 15 is 0 Å². The van der Waals surface area contributed by atoms with Crippen molar-refractivity contribution < 1.29 is 9.47 Å². The molecule has 3 saturated heterocycles. The van der Waals surface area contributed by atoms with Crippen molar-refractivity contribution in [1.82, 2.24) is 5.43 Å². The zero-order valence-electron chi connectivity index (χ0n) is 12.3. The highest BCUT2D eigenvalue weighted by atomic mass is 32.2. The van der Waals surface area contributed by atoms with Gasteiger partial charge in [0.1, 0.15) is 0 Å². The maximum Gasteiger partial charge on any atom is 0.0701 e. The summed E-state index contributed by atoms with van der Waals surface area (Å²) in [5.41, 5.74) is 3.27. The van der Waals surface area contributed by atoms with Crippen LogP contribution >= 0.6 is 11.8 Å². The zero-order valence-corrected chi connectivity index (χ0v) is 13.1. The number of hydrogen-bond acceptors (Lipinski definition) is 5. The van der Waals surface area contributed by atoms with Crippen molar-refractivity contribution in [2.75, 3.05) is 31.3 Å². The minimum Gasteiger partial charge on any atom is -0.381 e. The van der Waals surface area contributed by atoms with Crippen LogP contribution in [0.15, 0.2) is 0 Å². The summed E-state index contributed by atoms with van der Waals surface area (Å²) in [7, 11) is 0. The number of nitrogens with two attached hydrogens (primary N) is 1. The maximum absolute atomic E-state index is 6.21. The first-order valence-electron chi connectivity index (χ1n) is 8.09. The lowest BCUT2D eigenvalue weighted by molar-refractivity contribution is -0.113. The predicted octanol–water partition coefficient (Wildman–Crippen LogP) is 1.94. The highest BCUT2D eigenvalue weighted by Crippen LogP contribution is 2.42. The van der Waals surface area contributed by atoms with Gasteiger partial charge in [0.25, 0.3) is 0 Å². The second-order valence-corrected chi connectivity index (χ2v) is 7.79. The van der Waals surface area contributed by atoms with Crippen molar-refractivity contribution in [1.29, 1.82) is 0 Å². The van der Waals surface area contributed by atoms with Gasteiger partial charge < -0.3 is 9.47 Å². The molecular formula is C15H28N2O2S. The molecule has 0 bridgehead atoms. The first kappa shape index (κ1) is 15.1. The molecule has 3 N–H and O–H groups in total. The molecule has 116 valence electrons. The standard InChI is InChI=1S/C15H28N2O2S/c16-17-14(13-2-1-6-18-11-13)12-3-7-19-15(10-12)4-8-20-9-5-15/h12-14,17H,1-11,16H2. The fourth-order valence-electron chi connectivity index (χ4n) is 4.17. The minimum atomic E-state index is 0.152. The van der Waals surface area contributed by atoms with Crippen LogP contribution in [-0.4, -0.2) is 43.0 Å². The molecule has 0 amide bonds. The van der Waals surface area contributed by atoms with E-state index in [1.54, 1.807) is 0 Å². The summed E-state index contributed by atoms with van der Waals surface area (Å²) >= 11 is 2.07. The number of nitrogens with one attached hydrogen (secondary N) is 1. The van der Waals surface area contributed by atoms with E-state index < -0.39 is 0 Å². The van der Waals surface area contributed by atoms with Crippen molar-refractivity contribution in [3.8, 4) is 0 Å². The van der Waals surface area contributed by atoms with Crippen molar-refractivity contribution >= 4 is 11.8 Å². The molecule has 5 heteroatoms. The lowest BCUT2D eigenvalue weighted by atomic mass is 9.74. The normalized spacial score (nSPS) is 35.9. The van der Waals surface area contributed by atoms with Crippen LogP contribution in [0.1, 0.15) is 38.5 Å². The number of ether oxygens (including phenoxy) is 2. The summed E-state index contributed by atoms with van der Waals surface area (Å²) in [6.45, 7) is 2.69. The Morgan fingerprint density at radius 2 is 2.00 bits per heavy atom. The molecule has 3 aliphatic rings. The number of hydrazine groups is 1. The number of rotatable bonds is 3. The van der Waals surface area contributed by atoms with Gasteiger partial charge in [0.05, 0.1) is 12.2 Å². The number of hydrogen-bond donors (Lipinski definition) is 2. The third-order valence-electron chi connectivity index (χ3n) is 5.34. The Morgan fingerprint density at radius 3 is 2.70 bits per heavy atom. The maximum atomic E-state index is 6.21. The highest BCUT2D eigenvalue weighted by molar-refractivity contribution is 7.99. The van der Waals surface area contributed by atoms with Crippen LogP contribution in [0.4, 0.5) is 0 Å². The van der Waals surface area contributed by atoms with Gasteiger partial charge in [-0.05, 0) is 61.9 Å². The molecule has 0 aromatic heterocycles. The first-order valence-corrected chi connectivity index (χ1v) is 9.24. The van der Waals surface area contributed by atoms with E-state index in [1.807, 2.05) is 0 Å². The van der Waals surface area contributed by atoms with Crippen molar-refractivity contribution in [3.63, 3.8) is 0 Å². The van der Waals surface area contributed by atoms with E-state index in [9.17, 15) is 0 Å². The Labute approximate surface area is 126 Å². The largest absolute Gasteiger partial charge is 0.381 e. The third kappa shape index (κ3) is 3.33. The molecule has 0 aromatic rings. The summed E-state index contributed by atoms with van der Waals surface area (Å²) in [4.78, 5) is 0. The predicted molar refractivity (Wildman–Crippen MR) is 82.6 cm³/mol. The lowest BCUT2D eigenvalue weighted by Gasteiger charge is -2.46. The van der Waals surface area contributed by atoms with E-state index in [2.05, 4.69) is 17.2 Å². The SMILES string of the molecule is NNC(C1CCCOC1)C1CCOC2(CCSCC2)C1. The molecule has 3 aliphatic heterocycles. The van der Waals surface area contributed by atoms with Crippen LogP contribution in [0.2, 0.25) is 0 Å². The minimum absolute atomic E-state index is 0.152. The summed E-state index contributed by atoms with van der Waals surface area (Å²) in [5, 5.41) is 0. The molecule has 3 rings (SSSR count). The Bertz CT molecular complexity index is 299. The summed E-state index contributed by atoms with van der Waals surface area (Å²) in [5.74, 6) is 9.62. The van der Waals surface area contributed by atoms with E-state index in [0.717, 1.165) is 26.2 Å². The van der Waals surface area contributed by atoms with Gasteiger partial charge in [-0.25, -0.2) is 0 Å². The fraction of sp³-hybridized carbons (Fsp3) is 1.00. The molecule has 1 spiro atoms. The molecule has 20 heavy (non-hydrogen) atoms. The molecule has 3 unspecified atom stereocenters. The quantitative estimate of drug-likeness (QED) is 0.616. The van der Waals surface area contributed by atoms with E-state index in [0.29, 0.717) is 17.9 Å². The van der Waals surface area contributed by atoms with E-state index in [1.165, 1.54) is 43.6 Å². The fourth-order valence-corrected chi connectivity index (χ4v) is 5.41. The Hall–Kier alpha value is 0.190. The Balaban J connectivity index is 1.64. The first-order chi connectivity index (χ1) is 9.83. The van der Waals surface area contributed by atoms with E-state index in [4.69, 9.17) is 15.3 Å². The van der Waals surface area contributed by atoms with Gasteiger partial charge in [-0.15, -0.1) is 0 Å². The Kier molecular flexibility index (Phi) is 5.26. The van der Waals surface area contributed by atoms with Crippen LogP contribution in [0.25, 0.3) is 0 Å². The summed E-state index contributed by atoms with van der Waals surface area (Å²) in [6, 6.07) is 0.394. The van der Waals surface area contributed by atoms with E-state index in [-0.39, 0.29) is 5.60 Å². The molecule has 0 aromatic carbocycles. The van der Waals surface area contributed by atoms with Crippen LogP contribution in [0.3, 0.4) is 0 Å². The lowest BCUT2D eigenvalue weighted by Crippen LogP contribution is -2.53. The second-order valence-electron chi connectivity index (χ2n) is 6.57. The number of thioether (sulfide) groups is 1. The van der Waals surface area contributed by atoms with Crippen LogP contribution < -0.4 is 11.3 Å². The van der Waals surface area contributed by atoms with Crippen molar-refractivity contribution in [3.05, 3.63) is 0 Å². The monoisotopic (exact) mass is 300 g/mol. The molecule has 0 radical (unpaired) electrons. The van der Waals surface area contributed by atoms with Crippen molar-refractivity contribution in [2.45, 2.75) is 50.2 Å². The van der Waals surface area contributed by atoms with Crippen molar-refractivity contribution in [2.24, 2.45) is 17.7 Å². The molecule has 3 fully saturated rings. The van der Waals surface area contributed by atoms with Gasteiger partial charge in [0.15, 0.2) is 0 Å². The second kappa shape index (κ2) is 6.97. The molecular weight excluding hydrogens is 272 g/mol. The summed E-state index contributed by atoms with van der Waals surface area (Å²) in [6.07, 6.45) is 7.17. The molecule has 0 saturated carbocycles. The van der Waals surface area contributed by atoms with Gasteiger partial charge in [0.2, 0.25) is 0 Å². The van der Waals surface area contributed by atoms with Gasteiger partial charge in [-0.2, -0.15) is 11.8 Å². The highest BCUT2D eigenvalue weighted by Gasteiger charge is 2.42. The molecule has 0 aliphatic carbocycles. The molecule has 3 atom stereocenters. The van der Waals surface area contributed by atoms with Crippen LogP contribution in [-0.2, 0) is 9.47 Å². The average molecular weight is 300 g/mol. The molecule has 4 nitrogen and oxygen atoms in total. The zero-order chi connectivity index (χ0) is 13.8. The van der Waals surface area contributed by atoms with Crippen LogP contribution in [0.5, 0.6) is 0 Å². The Morgan fingerprint density at radius 1 is 1.15 bits per heavy atom. The molecule has 3 heterocycles. The van der Waals surface area contributed by atoms with Gasteiger partial charge >= 0.3 is 0 Å². The topological polar surface area (TPSA) is 56.5 Å². The summed E-state index contributed by atoms with van der Waals surface area (Å²) < 4.78 is 11.9. The van der Waals surface area contributed by atoms with Gasteiger partial charge in [-0.1, -0.05) is 0 Å². The van der Waals surface area contributed by atoms with Gasteiger partial charge in [-0.3, -0.25) is 11.3 Å². The third-order valence-corrected chi connectivity index (χ3v) is 6.32. The smallest absolute Gasteiger partial charge is 0.0701 e. The average Bonchev–Trinajstić information content (AvgIpc) is 2.50. The van der Waals surface area contributed by atoms with Crippen LogP contribution in [0, 0.1) is 11.8 Å².